The maximum atomic E-state index is 11.6. The van der Waals surface area contributed by atoms with Gasteiger partial charge in [-0.3, -0.25) is 16.0 Å². The lowest BCUT2D eigenvalue weighted by atomic mass is 9.42. The van der Waals surface area contributed by atoms with Gasteiger partial charge in [0.2, 0.25) is 0 Å². The van der Waals surface area contributed by atoms with Gasteiger partial charge in [-0.25, -0.2) is 4.79 Å². The molecule has 0 heterocycles. The molecule has 3 fully saturated rings. The van der Waals surface area contributed by atoms with Crippen LogP contribution in [-0.2, 0) is 9.59 Å². The van der Waals surface area contributed by atoms with Crippen LogP contribution in [0.5, 0.6) is 0 Å². The zero-order valence-corrected chi connectivity index (χ0v) is 19.8. The number of nitrogens with zero attached hydrogens (tertiary/aromatic N) is 1. The molecule has 0 aromatic rings. The molecule has 0 radical (unpaired) electrons. The monoisotopic (exact) mass is 449 g/mol. The summed E-state index contributed by atoms with van der Waals surface area (Å²) in [5.74, 6) is -1.46. The molecular weight excluding hydrogens is 410 g/mol. The van der Waals surface area contributed by atoms with Crippen molar-refractivity contribution in [3.8, 4) is 0 Å². The van der Waals surface area contributed by atoms with Crippen molar-refractivity contribution in [2.75, 3.05) is 13.6 Å². The molecule has 8 heteroatoms. The first-order valence-corrected chi connectivity index (χ1v) is 11.6. The van der Waals surface area contributed by atoms with Gasteiger partial charge in [0.25, 0.3) is 0 Å². The molecular formula is C24H39N3O5. The Morgan fingerprint density at radius 3 is 2.31 bits per heavy atom. The fourth-order valence-corrected chi connectivity index (χ4v) is 7.86. The molecule has 4 aliphatic rings. The van der Waals surface area contributed by atoms with Gasteiger partial charge >= 0.3 is 11.9 Å². The Kier molecular flexibility index (Phi) is 6.17. The second-order valence-corrected chi connectivity index (χ2v) is 11.5. The number of nitrogens with two attached hydrogens (primary N) is 2. The van der Waals surface area contributed by atoms with E-state index in [1.807, 2.05) is 0 Å². The summed E-state index contributed by atoms with van der Waals surface area (Å²) >= 11 is 0. The third kappa shape index (κ3) is 4.02. The van der Waals surface area contributed by atoms with E-state index in [9.17, 15) is 19.8 Å². The lowest BCUT2D eigenvalue weighted by Crippen LogP contribution is -2.56. The lowest BCUT2D eigenvalue weighted by molar-refractivity contribution is -0.489. The molecule has 32 heavy (non-hydrogen) atoms. The predicted molar refractivity (Wildman–Crippen MR) is 118 cm³/mol. The molecule has 0 unspecified atom stereocenters. The van der Waals surface area contributed by atoms with Crippen LogP contribution in [0.3, 0.4) is 0 Å². The molecule has 1 spiro atoms. The molecule has 2 bridgehead atoms. The lowest BCUT2D eigenvalue weighted by Gasteiger charge is -2.63. The normalized spacial score (nSPS) is 40.8. The summed E-state index contributed by atoms with van der Waals surface area (Å²) in [6.45, 7) is 6.97. The van der Waals surface area contributed by atoms with Crippen molar-refractivity contribution < 1.29 is 29.5 Å². The van der Waals surface area contributed by atoms with Gasteiger partial charge in [0.1, 0.15) is 0 Å². The average molecular weight is 450 g/mol. The summed E-state index contributed by atoms with van der Waals surface area (Å²) < 4.78 is 1.24. The molecule has 8 nitrogen and oxygen atoms in total. The molecule has 0 aromatic heterocycles. The van der Waals surface area contributed by atoms with Crippen molar-refractivity contribution >= 4 is 17.9 Å². The van der Waals surface area contributed by atoms with Crippen molar-refractivity contribution in [3.05, 3.63) is 12.2 Å². The minimum Gasteiger partial charge on any atom is -0.550 e. The number of rotatable bonds is 3. The highest BCUT2D eigenvalue weighted by atomic mass is 16.4. The van der Waals surface area contributed by atoms with Gasteiger partial charge in [-0.05, 0) is 73.0 Å². The second-order valence-electron chi connectivity index (χ2n) is 11.5. The van der Waals surface area contributed by atoms with Gasteiger partial charge in [-0.1, -0.05) is 32.9 Å². The van der Waals surface area contributed by atoms with Crippen molar-refractivity contribution in [1.29, 1.82) is 0 Å². The van der Waals surface area contributed by atoms with Crippen LogP contribution in [0.4, 0.5) is 0 Å². The van der Waals surface area contributed by atoms with Crippen molar-refractivity contribution in [2.24, 2.45) is 45.5 Å². The summed E-state index contributed by atoms with van der Waals surface area (Å²) in [6.07, 6.45) is 11.0. The van der Waals surface area contributed by atoms with Crippen LogP contribution in [0, 0.1) is 34.0 Å². The van der Waals surface area contributed by atoms with E-state index in [4.69, 9.17) is 16.6 Å². The highest BCUT2D eigenvalue weighted by molar-refractivity contribution is 5.73. The largest absolute Gasteiger partial charge is 0.550 e. The predicted octanol–water partition coefficient (Wildman–Crippen LogP) is 0.663. The quantitative estimate of drug-likeness (QED) is 0.214. The summed E-state index contributed by atoms with van der Waals surface area (Å²) in [5.41, 5.74) is 9.54. The maximum Gasteiger partial charge on any atom is 0.341 e. The fraction of sp³-hybridized carbons (Fsp3) is 0.792. The smallest absolute Gasteiger partial charge is 0.341 e. The standard InChI is InChI=1S/C20H30O3.C4H9N3O2/c1-17(2)7-4-8-18(3)14(17)5-9-19-11-13(16(21)22)20(23,12-19)10-6-15(18)19;1-7(4(5)6)2-3(8)9/h4,7,13-15,23H,5-6,8-12H2,1-3H3,(H,21,22);2H2,1H3,(H4,5,6,8,9)/t13-,14-,15+,18-,19-,20+;/m1./s1. The van der Waals surface area contributed by atoms with E-state index < -0.39 is 23.5 Å². The maximum absolute atomic E-state index is 11.6. The Bertz CT molecular complexity index is 849. The molecule has 0 aliphatic heterocycles. The SMILES string of the molecule is CC1(C)C=CC[C@]2(C)[C@@H]1CC[C@]13C[C@H](C(=O)[O-])[C@](O)(CC[C@H]12)C3.C[N+](CC(=O)O)=C(N)N. The number of allylic oxidation sites excluding steroid dienone is 2. The Morgan fingerprint density at radius 1 is 1.16 bits per heavy atom. The molecule has 3 saturated carbocycles. The molecule has 4 rings (SSSR count). The third-order valence-corrected chi connectivity index (χ3v) is 9.15. The highest BCUT2D eigenvalue weighted by Gasteiger charge is 2.67. The fourth-order valence-electron chi connectivity index (χ4n) is 7.86. The van der Waals surface area contributed by atoms with E-state index >= 15 is 0 Å². The summed E-state index contributed by atoms with van der Waals surface area (Å²) in [5, 5.41) is 30.7. The van der Waals surface area contributed by atoms with Crippen LogP contribution in [-0.4, -0.2) is 51.9 Å². The number of hydrogen-bond donors (Lipinski definition) is 4. The first kappa shape index (κ1) is 24.6. The van der Waals surface area contributed by atoms with E-state index in [2.05, 4.69) is 32.9 Å². The Labute approximate surface area is 190 Å². The second kappa shape index (κ2) is 8.04. The molecule has 0 amide bonds. The van der Waals surface area contributed by atoms with Crippen molar-refractivity contribution in [1.82, 2.24) is 0 Å². The third-order valence-electron chi connectivity index (χ3n) is 9.15. The number of aliphatic carboxylic acids is 2. The van der Waals surface area contributed by atoms with Crippen LogP contribution in [0.15, 0.2) is 12.2 Å². The van der Waals surface area contributed by atoms with Gasteiger partial charge in [-0.2, -0.15) is 0 Å². The van der Waals surface area contributed by atoms with Gasteiger partial charge in [-0.15, -0.1) is 0 Å². The van der Waals surface area contributed by atoms with E-state index in [-0.39, 0.29) is 28.7 Å². The minimum atomic E-state index is -1.04. The van der Waals surface area contributed by atoms with Crippen molar-refractivity contribution in [2.45, 2.75) is 71.3 Å². The number of carbonyl (C=O) groups is 2. The highest BCUT2D eigenvalue weighted by Crippen LogP contribution is 2.72. The van der Waals surface area contributed by atoms with Gasteiger partial charge in [0.15, 0.2) is 6.54 Å². The van der Waals surface area contributed by atoms with E-state index in [0.717, 1.165) is 25.7 Å². The minimum absolute atomic E-state index is 0.0115. The first-order chi connectivity index (χ1) is 14.7. The zero-order valence-electron chi connectivity index (χ0n) is 19.8. The molecule has 0 aromatic carbocycles. The average Bonchev–Trinajstić information content (AvgIpc) is 2.86. The number of likely N-dealkylation sites (N-methyl/N-ethyl adjacent to an activating group) is 1. The number of fused-ring (bicyclic) bond motifs is 3. The number of guanidine groups is 1. The Balaban J connectivity index is 0.000000275. The number of hydrogen-bond acceptors (Lipinski definition) is 4. The number of aliphatic hydroxyl groups is 1. The van der Waals surface area contributed by atoms with Gasteiger partial charge in [0.05, 0.1) is 12.6 Å². The van der Waals surface area contributed by atoms with Crippen LogP contribution < -0.4 is 16.6 Å². The Morgan fingerprint density at radius 2 is 1.78 bits per heavy atom. The number of carboxylic acids is 2. The van der Waals surface area contributed by atoms with Crippen LogP contribution >= 0.6 is 0 Å². The number of carbonyl (C=O) groups excluding carboxylic acids is 1. The molecule has 6 atom stereocenters. The van der Waals surface area contributed by atoms with Crippen LogP contribution in [0.25, 0.3) is 0 Å². The first-order valence-electron chi connectivity index (χ1n) is 11.6. The topological polar surface area (TPSA) is 153 Å². The molecule has 6 N–H and O–H groups in total. The molecule has 4 aliphatic carbocycles. The van der Waals surface area contributed by atoms with Gasteiger partial charge in [0, 0.05) is 11.9 Å². The number of carboxylic acid groups (broad SMARTS) is 2. The van der Waals surface area contributed by atoms with E-state index in [1.54, 1.807) is 0 Å². The van der Waals surface area contributed by atoms with Crippen molar-refractivity contribution in [3.63, 3.8) is 0 Å². The zero-order chi connectivity index (χ0) is 24.1. The summed E-state index contributed by atoms with van der Waals surface area (Å²) in [7, 11) is 1.50. The Hall–Kier alpha value is -2.09. The van der Waals surface area contributed by atoms with Gasteiger partial charge < -0.3 is 20.1 Å². The van der Waals surface area contributed by atoms with Crippen LogP contribution in [0.2, 0.25) is 0 Å². The van der Waals surface area contributed by atoms with E-state index in [0.29, 0.717) is 31.1 Å². The molecule has 180 valence electrons. The van der Waals surface area contributed by atoms with E-state index in [1.165, 1.54) is 11.6 Å². The summed E-state index contributed by atoms with van der Waals surface area (Å²) in [6, 6.07) is 0. The summed E-state index contributed by atoms with van der Waals surface area (Å²) in [4.78, 5) is 21.6. The molecule has 0 saturated heterocycles. The van der Waals surface area contributed by atoms with Crippen LogP contribution in [0.1, 0.15) is 65.7 Å².